The van der Waals surface area contributed by atoms with Crippen molar-refractivity contribution in [3.05, 3.63) is 0 Å². The molecule has 0 bridgehead atoms. The van der Waals surface area contributed by atoms with Gasteiger partial charge >= 0.3 is 0 Å². The highest BCUT2D eigenvalue weighted by Crippen LogP contribution is 2.33. The Bertz CT molecular complexity index is 189. The van der Waals surface area contributed by atoms with Crippen LogP contribution in [0.3, 0.4) is 0 Å². The molecule has 2 aliphatic rings. The van der Waals surface area contributed by atoms with Gasteiger partial charge in [-0.2, -0.15) is 0 Å². The number of rotatable bonds is 2. The summed E-state index contributed by atoms with van der Waals surface area (Å²) in [6.45, 7) is 0.802. The largest absolute Gasteiger partial charge is 0.356 e. The third-order valence-electron chi connectivity index (χ3n) is 3.25. The summed E-state index contributed by atoms with van der Waals surface area (Å²) in [5, 5.41) is 2.83. The average Bonchev–Trinajstić information content (AvgIpc) is 2.31. The van der Waals surface area contributed by atoms with Gasteiger partial charge in [0, 0.05) is 24.9 Å². The van der Waals surface area contributed by atoms with Crippen LogP contribution in [0.1, 0.15) is 25.7 Å². The predicted octanol–water partition coefficient (Wildman–Crippen LogP) is 0.250. The molecule has 1 amide bonds. The molecule has 2 rings (SSSR count). The quantitative estimate of drug-likeness (QED) is 0.621. The van der Waals surface area contributed by atoms with Gasteiger partial charge in [0.2, 0.25) is 5.91 Å². The van der Waals surface area contributed by atoms with Crippen LogP contribution in [0.25, 0.3) is 0 Å². The maximum absolute atomic E-state index is 10.9. The van der Waals surface area contributed by atoms with E-state index >= 15 is 0 Å². The van der Waals surface area contributed by atoms with Gasteiger partial charge < -0.3 is 11.1 Å². The summed E-state index contributed by atoms with van der Waals surface area (Å²) in [5.41, 5.74) is 6.05. The maximum atomic E-state index is 10.9. The molecule has 68 valence electrons. The van der Waals surface area contributed by atoms with Crippen molar-refractivity contribution in [3.63, 3.8) is 0 Å². The summed E-state index contributed by atoms with van der Waals surface area (Å²) < 4.78 is 0. The Kier molecular flexibility index (Phi) is 2.05. The van der Waals surface area contributed by atoms with Crippen LogP contribution in [-0.4, -0.2) is 18.5 Å². The average molecular weight is 168 g/mol. The summed E-state index contributed by atoms with van der Waals surface area (Å²) in [6, 6.07) is 0.262. The Hall–Kier alpha value is -0.570. The lowest BCUT2D eigenvalue weighted by Crippen LogP contribution is -2.41. The van der Waals surface area contributed by atoms with Gasteiger partial charge in [0.1, 0.15) is 0 Å². The minimum absolute atomic E-state index is 0.176. The fourth-order valence-electron chi connectivity index (χ4n) is 2.11. The van der Waals surface area contributed by atoms with Crippen molar-refractivity contribution in [2.24, 2.45) is 17.6 Å². The van der Waals surface area contributed by atoms with Crippen LogP contribution >= 0.6 is 0 Å². The number of hydrogen-bond donors (Lipinski definition) is 2. The van der Waals surface area contributed by atoms with Crippen LogP contribution in [0, 0.1) is 11.8 Å². The summed E-state index contributed by atoms with van der Waals surface area (Å²) in [6.07, 6.45) is 4.52. The number of amides is 1. The second-order valence-corrected chi connectivity index (χ2v) is 4.04. The fourth-order valence-corrected chi connectivity index (χ4v) is 2.11. The molecule has 2 atom stereocenters. The highest BCUT2D eigenvalue weighted by atomic mass is 16.1. The molecule has 1 aliphatic carbocycles. The van der Waals surface area contributed by atoms with Crippen molar-refractivity contribution >= 4 is 5.91 Å². The Labute approximate surface area is 72.7 Å². The van der Waals surface area contributed by atoms with Crippen molar-refractivity contribution in [1.29, 1.82) is 0 Å². The highest BCUT2D eigenvalue weighted by Gasteiger charge is 2.34. The zero-order chi connectivity index (χ0) is 8.55. The summed E-state index contributed by atoms with van der Waals surface area (Å²) in [7, 11) is 0. The molecule has 3 nitrogen and oxygen atoms in total. The van der Waals surface area contributed by atoms with Gasteiger partial charge in [-0.1, -0.05) is 6.42 Å². The number of carbonyl (C=O) groups is 1. The standard InChI is InChI=1S/C9H16N2O/c10-9(6-2-1-3-6)7-4-8(12)11-5-7/h6-7,9H,1-5,10H2,(H,11,12). The molecule has 0 radical (unpaired) electrons. The molecule has 1 aliphatic heterocycles. The lowest BCUT2D eigenvalue weighted by Gasteiger charge is -2.34. The normalized spacial score (nSPS) is 32.8. The molecule has 2 fully saturated rings. The van der Waals surface area contributed by atoms with E-state index < -0.39 is 0 Å². The minimum Gasteiger partial charge on any atom is -0.356 e. The van der Waals surface area contributed by atoms with E-state index in [1.807, 2.05) is 0 Å². The van der Waals surface area contributed by atoms with E-state index in [1.165, 1.54) is 19.3 Å². The van der Waals surface area contributed by atoms with Crippen LogP contribution < -0.4 is 11.1 Å². The number of nitrogens with two attached hydrogens (primary N) is 1. The first-order chi connectivity index (χ1) is 5.77. The lowest BCUT2D eigenvalue weighted by molar-refractivity contribution is -0.119. The lowest BCUT2D eigenvalue weighted by atomic mass is 9.75. The molecule has 1 saturated heterocycles. The van der Waals surface area contributed by atoms with Gasteiger partial charge in [-0.3, -0.25) is 4.79 Å². The molecule has 2 unspecified atom stereocenters. The Morgan fingerprint density at radius 3 is 2.58 bits per heavy atom. The first kappa shape index (κ1) is 8.05. The van der Waals surface area contributed by atoms with Gasteiger partial charge in [-0.05, 0) is 18.8 Å². The van der Waals surface area contributed by atoms with Crippen LogP contribution in [-0.2, 0) is 4.79 Å². The summed E-state index contributed by atoms with van der Waals surface area (Å²) >= 11 is 0. The monoisotopic (exact) mass is 168 g/mol. The van der Waals surface area contributed by atoms with E-state index in [-0.39, 0.29) is 11.9 Å². The molecular weight excluding hydrogens is 152 g/mol. The van der Waals surface area contributed by atoms with Crippen LogP contribution in [0.2, 0.25) is 0 Å². The van der Waals surface area contributed by atoms with Crippen LogP contribution in [0.5, 0.6) is 0 Å². The summed E-state index contributed by atoms with van der Waals surface area (Å²) in [5.74, 6) is 1.28. The summed E-state index contributed by atoms with van der Waals surface area (Å²) in [4.78, 5) is 10.9. The van der Waals surface area contributed by atoms with E-state index in [2.05, 4.69) is 5.32 Å². The van der Waals surface area contributed by atoms with Crippen molar-refractivity contribution < 1.29 is 4.79 Å². The molecule has 0 aromatic heterocycles. The predicted molar refractivity (Wildman–Crippen MR) is 46.4 cm³/mol. The first-order valence-electron chi connectivity index (χ1n) is 4.79. The van der Waals surface area contributed by atoms with Crippen LogP contribution in [0.15, 0.2) is 0 Å². The van der Waals surface area contributed by atoms with E-state index in [0.717, 1.165) is 6.54 Å². The van der Waals surface area contributed by atoms with E-state index in [9.17, 15) is 4.79 Å². The Morgan fingerprint density at radius 1 is 1.42 bits per heavy atom. The number of nitrogens with one attached hydrogen (secondary N) is 1. The number of hydrogen-bond acceptors (Lipinski definition) is 2. The van der Waals surface area contributed by atoms with Gasteiger partial charge in [-0.15, -0.1) is 0 Å². The van der Waals surface area contributed by atoms with Gasteiger partial charge in [0.05, 0.1) is 0 Å². The molecular formula is C9H16N2O. The smallest absolute Gasteiger partial charge is 0.220 e. The first-order valence-corrected chi connectivity index (χ1v) is 4.79. The molecule has 0 spiro atoms. The van der Waals surface area contributed by atoms with E-state index in [0.29, 0.717) is 18.3 Å². The Morgan fingerprint density at radius 2 is 2.17 bits per heavy atom. The highest BCUT2D eigenvalue weighted by molar-refractivity contribution is 5.78. The molecule has 1 heterocycles. The van der Waals surface area contributed by atoms with Gasteiger partial charge in [0.15, 0.2) is 0 Å². The molecule has 3 N–H and O–H groups in total. The van der Waals surface area contributed by atoms with Crippen molar-refractivity contribution in [1.82, 2.24) is 5.32 Å². The second kappa shape index (κ2) is 3.05. The molecule has 12 heavy (non-hydrogen) atoms. The fraction of sp³-hybridized carbons (Fsp3) is 0.889. The SMILES string of the molecule is NC(C1CCC1)C1CNC(=O)C1. The van der Waals surface area contributed by atoms with Gasteiger partial charge in [-0.25, -0.2) is 0 Å². The van der Waals surface area contributed by atoms with Crippen molar-refractivity contribution in [3.8, 4) is 0 Å². The topological polar surface area (TPSA) is 55.1 Å². The third-order valence-corrected chi connectivity index (χ3v) is 3.25. The Balaban J connectivity index is 1.86. The molecule has 0 aromatic rings. The van der Waals surface area contributed by atoms with Gasteiger partial charge in [0.25, 0.3) is 0 Å². The molecule has 1 saturated carbocycles. The van der Waals surface area contributed by atoms with E-state index in [1.54, 1.807) is 0 Å². The van der Waals surface area contributed by atoms with Crippen molar-refractivity contribution in [2.45, 2.75) is 31.7 Å². The maximum Gasteiger partial charge on any atom is 0.220 e. The van der Waals surface area contributed by atoms with Crippen LogP contribution in [0.4, 0.5) is 0 Å². The zero-order valence-electron chi connectivity index (χ0n) is 7.25. The second-order valence-electron chi connectivity index (χ2n) is 4.04. The third kappa shape index (κ3) is 1.33. The van der Waals surface area contributed by atoms with E-state index in [4.69, 9.17) is 5.73 Å². The number of carbonyl (C=O) groups excluding carboxylic acids is 1. The zero-order valence-corrected chi connectivity index (χ0v) is 7.25. The molecule has 3 heteroatoms. The minimum atomic E-state index is 0.176. The molecule has 0 aromatic carbocycles. The van der Waals surface area contributed by atoms with Crippen molar-refractivity contribution in [2.75, 3.05) is 6.54 Å².